The van der Waals surface area contributed by atoms with Crippen molar-refractivity contribution >= 4 is 40.1 Å². The maximum atomic E-state index is 12.4. The summed E-state index contributed by atoms with van der Waals surface area (Å²) in [6.07, 6.45) is 1.61. The molecule has 10 nitrogen and oxygen atoms in total. The number of nitrogens with one attached hydrogen (secondary N) is 2. The summed E-state index contributed by atoms with van der Waals surface area (Å²) in [6.45, 7) is 4.39. The van der Waals surface area contributed by atoms with Crippen LogP contribution in [0.3, 0.4) is 0 Å². The van der Waals surface area contributed by atoms with E-state index in [1.807, 2.05) is 0 Å². The Labute approximate surface area is 178 Å². The number of rotatable bonds is 9. The van der Waals surface area contributed by atoms with Crippen molar-refractivity contribution in [3.05, 3.63) is 16.0 Å². The Morgan fingerprint density at radius 3 is 2.53 bits per heavy atom. The second-order valence-electron chi connectivity index (χ2n) is 6.41. The van der Waals surface area contributed by atoms with Crippen molar-refractivity contribution in [2.75, 3.05) is 45.4 Å². The van der Waals surface area contributed by atoms with E-state index in [0.717, 1.165) is 24.2 Å². The van der Waals surface area contributed by atoms with Crippen molar-refractivity contribution in [1.29, 1.82) is 0 Å². The average Bonchev–Trinajstić information content (AvgIpc) is 3.34. The molecule has 30 heavy (non-hydrogen) atoms. The SMILES string of the molecule is CCOC(=O)c1c(NC(=O)C(=O)NC[C@@H]2CCCO2)sc(C(=O)OCCOC)c1C. The summed E-state index contributed by atoms with van der Waals surface area (Å²) >= 11 is 0.843. The number of anilines is 1. The van der Waals surface area contributed by atoms with Gasteiger partial charge < -0.3 is 29.6 Å². The van der Waals surface area contributed by atoms with Crippen LogP contribution in [0.1, 0.15) is 45.4 Å². The van der Waals surface area contributed by atoms with E-state index in [9.17, 15) is 19.2 Å². The van der Waals surface area contributed by atoms with Gasteiger partial charge >= 0.3 is 23.8 Å². The van der Waals surface area contributed by atoms with Gasteiger partial charge in [-0.1, -0.05) is 0 Å². The summed E-state index contributed by atoms with van der Waals surface area (Å²) in [6, 6.07) is 0. The number of thiophene rings is 1. The highest BCUT2D eigenvalue weighted by atomic mass is 32.1. The van der Waals surface area contributed by atoms with Gasteiger partial charge in [0.15, 0.2) is 0 Å². The Morgan fingerprint density at radius 1 is 1.13 bits per heavy atom. The van der Waals surface area contributed by atoms with E-state index < -0.39 is 23.8 Å². The first kappa shape index (κ1) is 23.8. The molecule has 0 spiro atoms. The Kier molecular flexibility index (Phi) is 9.21. The van der Waals surface area contributed by atoms with Crippen LogP contribution in [-0.4, -0.2) is 69.9 Å². The normalized spacial score (nSPS) is 15.5. The second kappa shape index (κ2) is 11.6. The fourth-order valence-electron chi connectivity index (χ4n) is 2.78. The topological polar surface area (TPSA) is 129 Å². The predicted octanol–water partition coefficient (Wildman–Crippen LogP) is 1.27. The van der Waals surface area contributed by atoms with Crippen LogP contribution in [0.4, 0.5) is 5.00 Å². The van der Waals surface area contributed by atoms with Crippen LogP contribution in [0.2, 0.25) is 0 Å². The van der Waals surface area contributed by atoms with Crippen molar-refractivity contribution in [2.45, 2.75) is 32.8 Å². The van der Waals surface area contributed by atoms with E-state index in [1.54, 1.807) is 13.8 Å². The summed E-state index contributed by atoms with van der Waals surface area (Å²) in [5.74, 6) is -3.20. The van der Waals surface area contributed by atoms with Gasteiger partial charge in [-0.2, -0.15) is 0 Å². The molecule has 11 heteroatoms. The van der Waals surface area contributed by atoms with Crippen LogP contribution in [-0.2, 0) is 28.5 Å². The molecule has 0 aromatic carbocycles. The van der Waals surface area contributed by atoms with Crippen LogP contribution in [0.15, 0.2) is 0 Å². The molecule has 2 rings (SSSR count). The Bertz CT molecular complexity index is 786. The summed E-state index contributed by atoms with van der Waals surface area (Å²) in [7, 11) is 1.47. The fraction of sp³-hybridized carbons (Fsp3) is 0.579. The molecule has 0 radical (unpaired) electrons. The Hall–Kier alpha value is -2.50. The van der Waals surface area contributed by atoms with Crippen LogP contribution < -0.4 is 10.6 Å². The van der Waals surface area contributed by atoms with E-state index in [-0.39, 0.29) is 47.9 Å². The lowest BCUT2D eigenvalue weighted by molar-refractivity contribution is -0.136. The monoisotopic (exact) mass is 442 g/mol. The van der Waals surface area contributed by atoms with Crippen molar-refractivity contribution in [2.24, 2.45) is 0 Å². The zero-order valence-electron chi connectivity index (χ0n) is 17.2. The molecule has 0 bridgehead atoms. The third-order valence-corrected chi connectivity index (χ3v) is 5.47. The van der Waals surface area contributed by atoms with Crippen molar-refractivity contribution in [3.8, 4) is 0 Å². The fourth-order valence-corrected chi connectivity index (χ4v) is 3.86. The molecule has 0 saturated carbocycles. The summed E-state index contributed by atoms with van der Waals surface area (Å²) in [5.41, 5.74) is 0.316. The largest absolute Gasteiger partial charge is 0.462 e. The van der Waals surface area contributed by atoms with E-state index in [1.165, 1.54) is 7.11 Å². The molecule has 1 saturated heterocycles. The number of esters is 2. The average molecular weight is 442 g/mol. The number of hydrogen-bond donors (Lipinski definition) is 2. The van der Waals surface area contributed by atoms with E-state index in [2.05, 4.69) is 10.6 Å². The van der Waals surface area contributed by atoms with Crippen molar-refractivity contribution in [1.82, 2.24) is 5.32 Å². The summed E-state index contributed by atoms with van der Waals surface area (Å²) in [5, 5.41) is 4.95. The summed E-state index contributed by atoms with van der Waals surface area (Å²) < 4.78 is 20.4. The van der Waals surface area contributed by atoms with Gasteiger partial charge in [-0.3, -0.25) is 9.59 Å². The Balaban J connectivity index is 2.14. The third kappa shape index (κ3) is 6.25. The van der Waals surface area contributed by atoms with Gasteiger partial charge in [-0.15, -0.1) is 11.3 Å². The van der Waals surface area contributed by atoms with Crippen LogP contribution in [0, 0.1) is 6.92 Å². The highest BCUT2D eigenvalue weighted by Gasteiger charge is 2.29. The Morgan fingerprint density at radius 2 is 1.90 bits per heavy atom. The van der Waals surface area contributed by atoms with Gasteiger partial charge in [-0.05, 0) is 32.3 Å². The number of methoxy groups -OCH3 is 1. The van der Waals surface area contributed by atoms with Crippen molar-refractivity contribution < 1.29 is 38.1 Å². The lowest BCUT2D eigenvalue weighted by Gasteiger charge is -2.11. The zero-order chi connectivity index (χ0) is 22.1. The first-order valence-electron chi connectivity index (χ1n) is 9.56. The molecular formula is C19H26N2O8S. The minimum atomic E-state index is -0.959. The standard InChI is InChI=1S/C19H26N2O8S/c1-4-27-18(24)13-11(2)14(19(25)29-9-8-26-3)30-17(13)21-16(23)15(22)20-10-12-6-5-7-28-12/h12H,4-10H2,1-3H3,(H,20,22)(H,21,23)/t12-/m0/s1. The maximum absolute atomic E-state index is 12.4. The molecule has 2 heterocycles. The number of hydrogen-bond acceptors (Lipinski definition) is 9. The van der Waals surface area contributed by atoms with Gasteiger partial charge in [-0.25, -0.2) is 9.59 Å². The lowest BCUT2D eigenvalue weighted by atomic mass is 10.1. The van der Waals surface area contributed by atoms with Crippen LogP contribution in [0.25, 0.3) is 0 Å². The highest BCUT2D eigenvalue weighted by Crippen LogP contribution is 2.34. The molecule has 166 valence electrons. The molecule has 0 aliphatic carbocycles. The lowest BCUT2D eigenvalue weighted by Crippen LogP contribution is -2.39. The molecule has 2 amide bonds. The smallest absolute Gasteiger partial charge is 0.348 e. The molecular weight excluding hydrogens is 416 g/mol. The molecule has 1 aromatic rings. The molecule has 2 N–H and O–H groups in total. The predicted molar refractivity (Wildman–Crippen MR) is 108 cm³/mol. The zero-order valence-corrected chi connectivity index (χ0v) is 18.0. The molecule has 1 fully saturated rings. The minimum Gasteiger partial charge on any atom is -0.462 e. The van der Waals surface area contributed by atoms with Crippen LogP contribution in [0.5, 0.6) is 0 Å². The van der Waals surface area contributed by atoms with Gasteiger partial charge in [0.2, 0.25) is 0 Å². The van der Waals surface area contributed by atoms with Crippen LogP contribution >= 0.6 is 11.3 Å². The third-order valence-electron chi connectivity index (χ3n) is 4.28. The van der Waals surface area contributed by atoms with Gasteiger partial charge in [0.1, 0.15) is 16.5 Å². The van der Waals surface area contributed by atoms with E-state index >= 15 is 0 Å². The number of carbonyl (C=O) groups excluding carboxylic acids is 4. The number of amides is 2. The first-order chi connectivity index (χ1) is 14.4. The van der Waals surface area contributed by atoms with Crippen molar-refractivity contribution in [3.63, 3.8) is 0 Å². The first-order valence-corrected chi connectivity index (χ1v) is 10.4. The quantitative estimate of drug-likeness (QED) is 0.332. The van der Waals surface area contributed by atoms with E-state index in [4.69, 9.17) is 18.9 Å². The molecule has 0 unspecified atom stereocenters. The highest BCUT2D eigenvalue weighted by molar-refractivity contribution is 7.18. The van der Waals surface area contributed by atoms with Gasteiger partial charge in [0, 0.05) is 20.3 Å². The minimum absolute atomic E-state index is 0.0146. The van der Waals surface area contributed by atoms with E-state index in [0.29, 0.717) is 12.2 Å². The van der Waals surface area contributed by atoms with Gasteiger partial charge in [0.05, 0.1) is 24.9 Å². The van der Waals surface area contributed by atoms with Gasteiger partial charge in [0.25, 0.3) is 0 Å². The maximum Gasteiger partial charge on any atom is 0.348 e. The second-order valence-corrected chi connectivity index (χ2v) is 7.43. The number of ether oxygens (including phenoxy) is 4. The molecule has 1 atom stereocenters. The summed E-state index contributed by atoms with van der Waals surface area (Å²) in [4.78, 5) is 49.3. The molecule has 1 aliphatic heterocycles. The molecule has 1 aliphatic rings. The molecule has 1 aromatic heterocycles. The number of carbonyl (C=O) groups is 4.